The van der Waals surface area contributed by atoms with E-state index in [1.807, 2.05) is 0 Å². The van der Waals surface area contributed by atoms with Crippen LogP contribution in [0.2, 0.25) is 0 Å². The van der Waals surface area contributed by atoms with Crippen molar-refractivity contribution in [3.63, 3.8) is 0 Å². The predicted molar refractivity (Wildman–Crippen MR) is 140 cm³/mol. The molecule has 0 amide bonds. The number of hydrogen-bond acceptors (Lipinski definition) is 13. The summed E-state index contributed by atoms with van der Waals surface area (Å²) in [6, 6.07) is 17.3. The molecular formula is C22H17N5O9S3. The second-order valence-corrected chi connectivity index (χ2v) is 11.2. The number of hydrogen-bond donors (Lipinski definition) is 4. The van der Waals surface area contributed by atoms with Crippen molar-refractivity contribution in [2.75, 3.05) is 5.73 Å². The van der Waals surface area contributed by atoms with Crippen LogP contribution in [-0.4, -0.2) is 31.2 Å². The van der Waals surface area contributed by atoms with Gasteiger partial charge < -0.3 is 5.73 Å². The molecule has 17 heteroatoms. The Kier molecular flexibility index (Phi) is 8.33. The minimum absolute atomic E-state index is 0.0860. The molecular weight excluding hydrogens is 574 g/mol. The van der Waals surface area contributed by atoms with Crippen molar-refractivity contribution in [3.05, 3.63) is 72.8 Å². The molecule has 4 rings (SSSR count). The Morgan fingerprint density at radius 2 is 1.08 bits per heavy atom. The van der Waals surface area contributed by atoms with Crippen molar-refractivity contribution in [2.24, 2.45) is 20.5 Å². The fraction of sp³-hybridized carbons (Fsp3) is 0. The van der Waals surface area contributed by atoms with Crippen LogP contribution in [0.25, 0.3) is 10.8 Å². The van der Waals surface area contributed by atoms with Crippen molar-refractivity contribution in [1.29, 1.82) is 0 Å². The molecule has 0 heterocycles. The van der Waals surface area contributed by atoms with Gasteiger partial charge in [0.1, 0.15) is 9.79 Å². The lowest BCUT2D eigenvalue weighted by Crippen LogP contribution is -2.03. The summed E-state index contributed by atoms with van der Waals surface area (Å²) in [4.78, 5) is -1.52. The molecule has 0 atom stereocenters. The van der Waals surface area contributed by atoms with E-state index in [9.17, 15) is 25.9 Å². The van der Waals surface area contributed by atoms with Crippen LogP contribution in [0.15, 0.2) is 108 Å². The highest BCUT2D eigenvalue weighted by Gasteiger charge is 2.23. The highest BCUT2D eigenvalue weighted by atomic mass is 32.2. The van der Waals surface area contributed by atoms with E-state index >= 15 is 0 Å². The van der Waals surface area contributed by atoms with E-state index in [0.717, 1.165) is 24.3 Å². The third kappa shape index (κ3) is 7.19. The van der Waals surface area contributed by atoms with Crippen LogP contribution in [0.5, 0.6) is 0 Å². The fourth-order valence-corrected chi connectivity index (χ4v) is 5.26. The number of fused-ring (bicyclic) bond motifs is 1. The molecule has 0 aliphatic carbocycles. The lowest BCUT2D eigenvalue weighted by atomic mass is 10.1. The quantitative estimate of drug-likeness (QED) is 0.0429. The van der Waals surface area contributed by atoms with Gasteiger partial charge in [-0.15, -0.1) is 4.33 Å². The molecule has 39 heavy (non-hydrogen) atoms. The molecule has 0 fully saturated rings. The zero-order chi connectivity index (χ0) is 28.2. The normalized spacial score (nSPS) is 12.6. The molecule has 0 saturated carbocycles. The van der Waals surface area contributed by atoms with Gasteiger partial charge in [-0.05, 0) is 72.8 Å². The summed E-state index contributed by atoms with van der Waals surface area (Å²) in [7, 11) is -9.81. The number of nitrogen functional groups attached to an aromatic ring is 1. The van der Waals surface area contributed by atoms with Crippen molar-refractivity contribution >= 4 is 71.5 Å². The van der Waals surface area contributed by atoms with E-state index < -0.39 is 30.0 Å². The average molecular weight is 592 g/mol. The van der Waals surface area contributed by atoms with Gasteiger partial charge in [0.25, 0.3) is 20.2 Å². The number of rotatable bonds is 9. The van der Waals surface area contributed by atoms with E-state index in [4.69, 9.17) is 11.0 Å². The van der Waals surface area contributed by atoms with Crippen LogP contribution in [-0.2, 0) is 29.6 Å². The van der Waals surface area contributed by atoms with E-state index in [1.165, 1.54) is 0 Å². The lowest BCUT2D eigenvalue weighted by Gasteiger charge is -2.11. The zero-order valence-corrected chi connectivity index (χ0v) is 21.8. The van der Waals surface area contributed by atoms with Gasteiger partial charge in [-0.3, -0.25) is 9.11 Å². The van der Waals surface area contributed by atoms with Crippen molar-refractivity contribution in [2.45, 2.75) is 14.7 Å². The number of benzene rings is 4. The maximum Gasteiger partial charge on any atom is 0.295 e. The Morgan fingerprint density at radius 1 is 0.641 bits per heavy atom. The monoisotopic (exact) mass is 591 g/mol. The maximum absolute atomic E-state index is 12.1. The van der Waals surface area contributed by atoms with E-state index in [1.54, 1.807) is 48.5 Å². The van der Waals surface area contributed by atoms with Crippen molar-refractivity contribution in [3.8, 4) is 0 Å². The number of nitrogens with zero attached hydrogens (tertiary/aromatic N) is 4. The summed E-state index contributed by atoms with van der Waals surface area (Å²) in [5.74, 6) is 0. The number of nitrogens with two attached hydrogens (primary N) is 1. The molecule has 0 bridgehead atoms. The lowest BCUT2D eigenvalue weighted by molar-refractivity contribution is -0.432. The molecule has 0 aliphatic rings. The highest BCUT2D eigenvalue weighted by Crippen LogP contribution is 2.37. The molecule has 5 N–H and O–H groups in total. The summed E-state index contributed by atoms with van der Waals surface area (Å²) >= 11 is 0.315. The van der Waals surface area contributed by atoms with E-state index in [2.05, 4.69) is 29.8 Å². The van der Waals surface area contributed by atoms with Gasteiger partial charge >= 0.3 is 0 Å². The summed E-state index contributed by atoms with van der Waals surface area (Å²) < 4.78 is 72.1. The van der Waals surface area contributed by atoms with Crippen molar-refractivity contribution < 1.29 is 40.6 Å². The molecule has 0 aromatic heterocycles. The molecule has 0 aliphatic heterocycles. The molecule has 0 spiro atoms. The highest BCUT2D eigenvalue weighted by molar-refractivity contribution is 7.94. The second kappa shape index (κ2) is 11.5. The Hall–Kier alpha value is -3.81. The third-order valence-corrected chi connectivity index (χ3v) is 7.32. The first-order chi connectivity index (χ1) is 18.4. The van der Waals surface area contributed by atoms with Gasteiger partial charge in [0, 0.05) is 21.4 Å². The molecule has 4 aromatic carbocycles. The Labute approximate surface area is 225 Å². The number of azo groups is 2. The molecule has 0 unspecified atom stereocenters. The predicted octanol–water partition coefficient (Wildman–Crippen LogP) is 6.17. The van der Waals surface area contributed by atoms with E-state index in [-0.39, 0.29) is 21.4 Å². The first kappa shape index (κ1) is 28.2. The molecule has 4 aromatic rings. The maximum atomic E-state index is 12.1. The van der Waals surface area contributed by atoms with Crippen LogP contribution in [0, 0.1) is 0 Å². The summed E-state index contributed by atoms with van der Waals surface area (Å²) in [5, 5.41) is 27.4. The first-order valence-corrected chi connectivity index (χ1v) is 14.1. The fourth-order valence-electron chi connectivity index (χ4n) is 3.30. The Morgan fingerprint density at radius 3 is 1.56 bits per heavy atom. The van der Waals surface area contributed by atoms with E-state index in [0.29, 0.717) is 34.8 Å². The third-order valence-electron chi connectivity index (χ3n) is 4.97. The first-order valence-electron chi connectivity index (χ1n) is 10.4. The van der Waals surface area contributed by atoms with Crippen LogP contribution in [0.4, 0.5) is 28.4 Å². The molecule has 0 saturated heterocycles. The van der Waals surface area contributed by atoms with Gasteiger partial charge in [-0.25, -0.2) is 5.26 Å². The van der Waals surface area contributed by atoms with Crippen LogP contribution in [0.1, 0.15) is 0 Å². The SMILES string of the molecule is Nc1ccc(N=Nc2ccc(N=Nc3cc(S(=O)(=O)O)c4cc(SOOO)cc(S(=O)(=O)O)c4c3)cc2)cc1. The summed E-state index contributed by atoms with van der Waals surface area (Å²) in [6.45, 7) is 0. The van der Waals surface area contributed by atoms with Gasteiger partial charge in [-0.1, -0.05) is 5.04 Å². The minimum Gasteiger partial charge on any atom is -0.399 e. The van der Waals surface area contributed by atoms with Crippen molar-refractivity contribution in [1.82, 2.24) is 0 Å². The van der Waals surface area contributed by atoms with Gasteiger partial charge in [0.05, 0.1) is 34.8 Å². The summed E-state index contributed by atoms with van der Waals surface area (Å²) in [5.41, 5.74) is 7.52. The summed E-state index contributed by atoms with van der Waals surface area (Å²) in [6.07, 6.45) is 0. The molecule has 202 valence electrons. The van der Waals surface area contributed by atoms with Crippen LogP contribution in [0.3, 0.4) is 0 Å². The van der Waals surface area contributed by atoms with Crippen LogP contribution < -0.4 is 5.73 Å². The van der Waals surface area contributed by atoms with Gasteiger partial charge in [0.2, 0.25) is 0 Å². The molecule has 0 radical (unpaired) electrons. The largest absolute Gasteiger partial charge is 0.399 e. The zero-order valence-electron chi connectivity index (χ0n) is 19.3. The van der Waals surface area contributed by atoms with Gasteiger partial charge in [-0.2, -0.15) is 37.3 Å². The number of anilines is 1. The Bertz CT molecular complexity index is 1790. The smallest absolute Gasteiger partial charge is 0.295 e. The standard InChI is InChI=1S/C22H17N5O9S3/c23-13-1-3-14(4-2-13)24-25-15-5-7-16(8-6-15)26-27-17-9-19-20(21(10-17)38(29,30)31)11-18(37-36-35-28)12-22(19)39(32,33)34/h1-12,28H,23H2,(H,29,30,31)(H,32,33,34). The van der Waals surface area contributed by atoms with Gasteiger partial charge in [0.15, 0.2) is 0 Å². The second-order valence-electron chi connectivity index (χ2n) is 7.64. The minimum atomic E-state index is -4.91. The topological polar surface area (TPSA) is 223 Å². The molecule has 14 nitrogen and oxygen atoms in total. The van der Waals surface area contributed by atoms with Crippen LogP contribution >= 0.6 is 12.0 Å². The average Bonchev–Trinajstić information content (AvgIpc) is 2.89. The Balaban J connectivity index is 1.71.